The van der Waals surface area contributed by atoms with Crippen LogP contribution in [0.2, 0.25) is 10.0 Å². The van der Waals surface area contributed by atoms with Crippen LogP contribution in [0.1, 0.15) is 20.8 Å². The van der Waals surface area contributed by atoms with Crippen molar-refractivity contribution < 1.29 is 14.3 Å². The van der Waals surface area contributed by atoms with E-state index in [1.807, 2.05) is 19.1 Å². The normalized spacial score (nSPS) is 20.3. The minimum Gasteiger partial charge on any atom is -0.486 e. The molecule has 1 atom stereocenters. The summed E-state index contributed by atoms with van der Waals surface area (Å²) in [6.07, 6.45) is -2.76. The van der Waals surface area contributed by atoms with Crippen LogP contribution in [0, 0.1) is 0 Å². The maximum atomic E-state index is 13.9. The molecule has 2 heterocycles. The van der Waals surface area contributed by atoms with Crippen LogP contribution in [0.15, 0.2) is 30.3 Å². The maximum Gasteiger partial charge on any atom is 0.334 e. The Balaban J connectivity index is 2.02. The fourth-order valence-electron chi connectivity index (χ4n) is 4.03. The SMILES string of the molecule is CCN1C(=O)N(c2ccc(Cl)c(Cl)c2)P(=S)(N(CC)CC)c2cc3c(cc21)OCCO3. The second-order valence-electron chi connectivity index (χ2n) is 7.10. The van der Waals surface area contributed by atoms with Crippen molar-refractivity contribution in [2.24, 2.45) is 0 Å². The minimum atomic E-state index is -2.76. The van der Waals surface area contributed by atoms with E-state index in [9.17, 15) is 4.79 Å². The fourth-order valence-corrected chi connectivity index (χ4v) is 9.04. The zero-order valence-corrected chi connectivity index (χ0v) is 20.8. The second kappa shape index (κ2) is 8.80. The summed E-state index contributed by atoms with van der Waals surface area (Å²) in [5.74, 6) is 1.30. The second-order valence-corrected chi connectivity index (χ2v) is 12.0. The molecule has 0 saturated heterocycles. The van der Waals surface area contributed by atoms with Gasteiger partial charge < -0.3 is 9.47 Å². The summed E-state index contributed by atoms with van der Waals surface area (Å²) >= 11 is 18.9. The molecule has 6 nitrogen and oxygen atoms in total. The van der Waals surface area contributed by atoms with E-state index in [0.29, 0.717) is 60.1 Å². The number of fused-ring (bicyclic) bond motifs is 2. The van der Waals surface area contributed by atoms with E-state index in [0.717, 1.165) is 11.0 Å². The lowest BCUT2D eigenvalue weighted by Gasteiger charge is -2.49. The van der Waals surface area contributed by atoms with Gasteiger partial charge in [-0.3, -0.25) is 9.57 Å². The molecule has 0 saturated carbocycles. The van der Waals surface area contributed by atoms with E-state index in [-0.39, 0.29) is 6.03 Å². The van der Waals surface area contributed by atoms with Gasteiger partial charge in [-0.15, -0.1) is 0 Å². The van der Waals surface area contributed by atoms with E-state index in [4.69, 9.17) is 44.5 Å². The highest BCUT2D eigenvalue weighted by atomic mass is 35.5. The predicted molar refractivity (Wildman–Crippen MR) is 132 cm³/mol. The summed E-state index contributed by atoms with van der Waals surface area (Å²) in [6.45, 7) is 8.88. The molecule has 166 valence electrons. The maximum absolute atomic E-state index is 13.9. The van der Waals surface area contributed by atoms with E-state index in [2.05, 4.69) is 18.5 Å². The van der Waals surface area contributed by atoms with Crippen molar-refractivity contribution in [3.8, 4) is 11.5 Å². The molecule has 31 heavy (non-hydrogen) atoms. The number of nitrogens with zero attached hydrogens (tertiary/aromatic N) is 3. The highest BCUT2D eigenvalue weighted by molar-refractivity contribution is 8.18. The molecule has 0 fully saturated rings. The third kappa shape index (κ3) is 3.61. The molecule has 2 aromatic rings. The Hall–Kier alpha value is -1.50. The molecule has 0 bridgehead atoms. The van der Waals surface area contributed by atoms with Crippen molar-refractivity contribution in [1.82, 2.24) is 4.67 Å². The summed E-state index contributed by atoms with van der Waals surface area (Å²) in [6, 6.07) is 8.88. The number of carbonyl (C=O) groups is 1. The minimum absolute atomic E-state index is 0.180. The van der Waals surface area contributed by atoms with Gasteiger partial charge in [0.15, 0.2) is 11.5 Å². The molecule has 10 heteroatoms. The largest absolute Gasteiger partial charge is 0.486 e. The van der Waals surface area contributed by atoms with Crippen LogP contribution in [0.4, 0.5) is 16.2 Å². The first-order valence-corrected chi connectivity index (χ1v) is 13.7. The molecular weight excluding hydrogens is 476 g/mol. The number of amides is 2. The number of halogens is 2. The zero-order valence-electron chi connectivity index (χ0n) is 17.6. The van der Waals surface area contributed by atoms with Gasteiger partial charge in [0.2, 0.25) is 0 Å². The average Bonchev–Trinajstić information content (AvgIpc) is 2.76. The van der Waals surface area contributed by atoms with Crippen molar-refractivity contribution >= 4 is 64.1 Å². The summed E-state index contributed by atoms with van der Waals surface area (Å²) in [4.78, 5) is 15.6. The van der Waals surface area contributed by atoms with Gasteiger partial charge in [-0.2, -0.15) is 0 Å². The molecule has 0 spiro atoms. The molecule has 2 aromatic carbocycles. The van der Waals surface area contributed by atoms with Crippen LogP contribution in [0.5, 0.6) is 11.5 Å². The number of rotatable bonds is 5. The van der Waals surface area contributed by atoms with Crippen LogP contribution in [0.25, 0.3) is 0 Å². The lowest BCUT2D eigenvalue weighted by atomic mass is 10.2. The van der Waals surface area contributed by atoms with Crippen LogP contribution in [0.3, 0.4) is 0 Å². The molecule has 2 aliphatic heterocycles. The van der Waals surface area contributed by atoms with Crippen LogP contribution in [-0.4, -0.2) is 43.5 Å². The lowest BCUT2D eigenvalue weighted by Crippen LogP contribution is -2.53. The van der Waals surface area contributed by atoms with E-state index in [1.54, 1.807) is 27.8 Å². The van der Waals surface area contributed by atoms with Gasteiger partial charge in [0.25, 0.3) is 0 Å². The molecule has 0 aliphatic carbocycles. The van der Waals surface area contributed by atoms with E-state index >= 15 is 0 Å². The summed E-state index contributed by atoms with van der Waals surface area (Å²) < 4.78 is 15.6. The van der Waals surface area contributed by atoms with Crippen molar-refractivity contribution in [1.29, 1.82) is 0 Å². The molecule has 2 aliphatic rings. The molecular formula is C21H24Cl2N3O3PS. The van der Waals surface area contributed by atoms with Crippen LogP contribution in [-0.2, 0) is 11.8 Å². The number of ether oxygens (including phenoxy) is 2. The molecule has 0 radical (unpaired) electrons. The third-order valence-electron chi connectivity index (χ3n) is 5.50. The highest BCUT2D eigenvalue weighted by Crippen LogP contribution is 2.60. The zero-order chi connectivity index (χ0) is 22.3. The Kier molecular flexibility index (Phi) is 6.44. The molecule has 4 rings (SSSR count). The Bertz CT molecular complexity index is 1080. The van der Waals surface area contributed by atoms with Gasteiger partial charge >= 0.3 is 6.03 Å². The van der Waals surface area contributed by atoms with Crippen LogP contribution < -0.4 is 24.3 Å². The number of carbonyl (C=O) groups excluding carboxylic acids is 1. The fraction of sp³-hybridized carbons (Fsp3) is 0.381. The standard InChI is InChI=1S/C21H24Cl2N3O3PS/c1-4-24(5-2)30(31)20-13-19-18(28-9-10-29-19)12-17(20)25(6-3)21(27)26(30)14-7-8-15(22)16(23)11-14/h7-8,11-13H,4-6,9-10H2,1-3H3. The van der Waals surface area contributed by atoms with Gasteiger partial charge in [-0.25, -0.2) is 9.46 Å². The highest BCUT2D eigenvalue weighted by Gasteiger charge is 2.46. The van der Waals surface area contributed by atoms with E-state index < -0.39 is 6.34 Å². The topological polar surface area (TPSA) is 45.3 Å². The molecule has 0 aromatic heterocycles. The van der Waals surface area contributed by atoms with Crippen molar-refractivity contribution in [2.45, 2.75) is 20.8 Å². The first kappa shape index (κ1) is 22.7. The molecule has 2 amide bonds. The quantitative estimate of drug-likeness (QED) is 0.507. The Morgan fingerprint density at radius 3 is 2.26 bits per heavy atom. The number of hydrogen-bond donors (Lipinski definition) is 0. The number of anilines is 2. The van der Waals surface area contributed by atoms with Crippen molar-refractivity contribution in [3.63, 3.8) is 0 Å². The first-order valence-electron chi connectivity index (χ1n) is 10.2. The average molecular weight is 500 g/mol. The third-order valence-corrected chi connectivity index (χ3v) is 11.3. The van der Waals surface area contributed by atoms with E-state index in [1.165, 1.54) is 0 Å². The van der Waals surface area contributed by atoms with Crippen molar-refractivity contribution in [3.05, 3.63) is 40.4 Å². The van der Waals surface area contributed by atoms with Crippen LogP contribution >= 0.6 is 29.5 Å². The number of hydrogen-bond acceptors (Lipinski definition) is 4. The Morgan fingerprint density at radius 1 is 1.03 bits per heavy atom. The van der Waals surface area contributed by atoms with Gasteiger partial charge in [0, 0.05) is 31.0 Å². The van der Waals surface area contributed by atoms with Crippen molar-refractivity contribution in [2.75, 3.05) is 42.4 Å². The summed E-state index contributed by atoms with van der Waals surface area (Å²) in [5, 5.41) is 1.71. The van der Waals surface area contributed by atoms with Gasteiger partial charge in [0.1, 0.15) is 19.6 Å². The predicted octanol–water partition coefficient (Wildman–Crippen LogP) is 5.51. The molecule has 0 N–H and O–H groups in total. The smallest absolute Gasteiger partial charge is 0.334 e. The lowest BCUT2D eigenvalue weighted by molar-refractivity contribution is 0.172. The van der Waals surface area contributed by atoms with Gasteiger partial charge in [0.05, 0.1) is 21.4 Å². The Labute approximate surface area is 197 Å². The van der Waals surface area contributed by atoms with Gasteiger partial charge in [-0.05, 0) is 31.2 Å². The number of benzene rings is 2. The molecule has 1 unspecified atom stereocenters. The summed E-state index contributed by atoms with van der Waals surface area (Å²) in [5.41, 5.74) is 1.41. The summed E-state index contributed by atoms with van der Waals surface area (Å²) in [7, 11) is 0. The van der Waals surface area contributed by atoms with Gasteiger partial charge in [-0.1, -0.05) is 48.9 Å². The first-order chi connectivity index (χ1) is 14.9. The monoisotopic (exact) mass is 499 g/mol. The Morgan fingerprint density at radius 2 is 1.68 bits per heavy atom. The number of urea groups is 1.